The molecule has 0 aromatic carbocycles. The van der Waals surface area contributed by atoms with Gasteiger partial charge in [-0.2, -0.15) is 0 Å². The van der Waals surface area contributed by atoms with Crippen molar-refractivity contribution in [3.63, 3.8) is 0 Å². The Morgan fingerprint density at radius 2 is 0.785 bits per heavy atom. The van der Waals surface area contributed by atoms with E-state index >= 15 is 0 Å². The van der Waals surface area contributed by atoms with Crippen molar-refractivity contribution in [2.45, 2.75) is 282 Å². The van der Waals surface area contributed by atoms with Gasteiger partial charge in [0.25, 0.3) is 11.6 Å². The van der Waals surface area contributed by atoms with Crippen LogP contribution in [-0.4, -0.2) is 498 Å². The number of hydrogen-bond acceptors (Lipinski definition) is 47. The molecule has 8 rings (SSSR count). The van der Waals surface area contributed by atoms with E-state index in [4.69, 9.17) is 71.1 Å². The van der Waals surface area contributed by atoms with E-state index in [2.05, 4.69) is 5.32 Å². The molecule has 0 bridgehead atoms. The highest BCUT2D eigenvalue weighted by atomic mass is 16.8. The summed E-state index contributed by atoms with van der Waals surface area (Å²) in [5.41, 5.74) is 0. The van der Waals surface area contributed by atoms with Crippen LogP contribution in [0.3, 0.4) is 0 Å². The first-order chi connectivity index (χ1) is 50.2. The Morgan fingerprint density at radius 3 is 1.28 bits per heavy atom. The summed E-state index contributed by atoms with van der Waals surface area (Å²) in [5, 5.41) is 343. The van der Waals surface area contributed by atoms with Crippen molar-refractivity contribution in [3.05, 3.63) is 0 Å². The van der Waals surface area contributed by atoms with Gasteiger partial charge in [-0.3, -0.25) is 4.79 Å². The highest BCUT2D eigenvalue weighted by molar-refractivity contribution is 5.77. The smallest absolute Gasteiger partial charge is 0.367 e. The number of carbonyl (C=O) groups is 3. The van der Waals surface area contributed by atoms with Gasteiger partial charge in [-0.25, -0.2) is 9.59 Å². The average molecular weight is 1580 g/mol. The van der Waals surface area contributed by atoms with E-state index in [1.54, 1.807) is 0 Å². The second-order valence-corrected chi connectivity index (χ2v) is 26.6. The zero-order valence-electron chi connectivity index (χ0n) is 55.8. The number of carboxylic acid groups (broad SMARTS) is 2. The van der Waals surface area contributed by atoms with Crippen LogP contribution in [0.2, 0.25) is 0 Å². The Bertz CT molecular complexity index is 2810. The van der Waals surface area contributed by atoms with Crippen molar-refractivity contribution in [3.8, 4) is 0 Å². The largest absolute Gasteiger partial charge is 0.477 e. The van der Waals surface area contributed by atoms with E-state index in [0.29, 0.717) is 0 Å². The maximum absolute atomic E-state index is 13.4. The summed E-state index contributed by atoms with van der Waals surface area (Å²) in [6.45, 7) is -9.28. The predicted octanol–water partition coefficient (Wildman–Crippen LogP) is -21.6. The van der Waals surface area contributed by atoms with E-state index < -0.39 is 346 Å². The van der Waals surface area contributed by atoms with E-state index in [9.17, 15) is 173 Å². The zero-order chi connectivity index (χ0) is 79.7. The monoisotopic (exact) mass is 1580 g/mol. The third kappa shape index (κ3) is 18.6. The predicted molar refractivity (Wildman–Crippen MR) is 318 cm³/mol. The molecule has 32 N–H and O–H groups in total. The second-order valence-electron chi connectivity index (χ2n) is 26.6. The molecule has 0 saturated carbocycles. The third-order valence-electron chi connectivity index (χ3n) is 19.3. The Balaban J connectivity index is 1.21. The molecule has 50 heteroatoms. The number of aliphatic hydroxyl groups excluding tert-OH is 28. The Labute approximate surface area is 600 Å². The van der Waals surface area contributed by atoms with E-state index in [1.165, 1.54) is 0 Å². The number of nitrogens with one attached hydrogen (secondary N) is 1. The van der Waals surface area contributed by atoms with Gasteiger partial charge in [0.15, 0.2) is 37.7 Å². The summed E-state index contributed by atoms with van der Waals surface area (Å²) in [5.74, 6) is -13.8. The van der Waals surface area contributed by atoms with Crippen molar-refractivity contribution in [2.75, 3.05) is 52.9 Å². The minimum Gasteiger partial charge on any atom is -0.477 e. The van der Waals surface area contributed by atoms with Crippen LogP contribution in [0.25, 0.3) is 0 Å². The standard InChI is InChI=1S/C57H95NO49/c1-11(65)58-21-26(76)23(73)18(6-62)95-48(21)101-42-34(84)38(17(71)10-94-50-32(82)29(79)30(80)37(98-50)16(70)9-93-49-31(81)27(77)24(74)19(7-63)96-49)99-52(35(42)85)102-43-36(86)53(100-40(14(68)4-60)44(43)103-51-33(83)28(78)25(75)20(8-64)97-51)104-45-41(15(69)5-61)107-57(92,55(90)91)47(87)46(45)106-56(54(88)89)2-12(66)22(72)39(105-56)13(67)3-59/h12-53,59-64,66-87,92H,2-10H2,1H3,(H,58,65)(H,88,89)(H,90,91)/t12-,13-,14+,15-,16+,17+,18-,19-,20-,21-,22-,23-,24+,25-,26-,27+,28+,29+,30+,31-,32+,33-,34-,35+,36+,37-,38-,39-,40-,41-,42+,43-,44-,45+,46+,47+,48+,49-,50+,51+,52-,53-,56+,57-/m1/s1. The minimum absolute atomic E-state index is 0.883. The minimum atomic E-state index is -4.15. The molecule has 0 aromatic rings. The number of ether oxygens (including phenoxy) is 15. The van der Waals surface area contributed by atoms with Crippen molar-refractivity contribution >= 4 is 17.8 Å². The number of amides is 1. The van der Waals surface area contributed by atoms with Gasteiger partial charge in [0, 0.05) is 13.3 Å². The number of aliphatic carboxylic acids is 2. The first-order valence-corrected chi connectivity index (χ1v) is 33.1. The quantitative estimate of drug-likeness (QED) is 0.0318. The summed E-state index contributed by atoms with van der Waals surface area (Å²) in [4.78, 5) is 38.8. The lowest BCUT2D eigenvalue weighted by Crippen LogP contribution is -2.74. The average Bonchev–Trinajstić information content (AvgIpc) is 0.732. The van der Waals surface area contributed by atoms with Crippen LogP contribution in [0.1, 0.15) is 13.3 Å². The highest BCUT2D eigenvalue weighted by Gasteiger charge is 2.67. The first kappa shape index (κ1) is 89.2. The van der Waals surface area contributed by atoms with E-state index in [1.807, 2.05) is 0 Å². The number of hydrogen-bond donors (Lipinski definition) is 32. The first-order valence-electron chi connectivity index (χ1n) is 33.1. The van der Waals surface area contributed by atoms with Gasteiger partial charge in [0.2, 0.25) is 5.91 Å². The molecular weight excluding hydrogens is 1480 g/mol. The molecule has 8 saturated heterocycles. The maximum atomic E-state index is 13.4. The molecule has 0 unspecified atom stereocenters. The fourth-order valence-corrected chi connectivity index (χ4v) is 13.3. The fourth-order valence-electron chi connectivity index (χ4n) is 13.3. The van der Waals surface area contributed by atoms with Gasteiger partial charge in [0.05, 0.1) is 59.0 Å². The topological polar surface area (TPSA) is 829 Å². The molecule has 8 heterocycles. The van der Waals surface area contributed by atoms with Gasteiger partial charge < -0.3 is 235 Å². The van der Waals surface area contributed by atoms with Gasteiger partial charge >= 0.3 is 11.9 Å². The van der Waals surface area contributed by atoms with Crippen LogP contribution in [0, 0.1) is 0 Å². The number of carbonyl (C=O) groups excluding carboxylic acids is 1. The van der Waals surface area contributed by atoms with E-state index in [-0.39, 0.29) is 0 Å². The van der Waals surface area contributed by atoms with Crippen molar-refractivity contribution in [2.24, 2.45) is 0 Å². The summed E-state index contributed by atoms with van der Waals surface area (Å²) < 4.78 is 85.2. The number of aliphatic hydroxyl groups is 29. The van der Waals surface area contributed by atoms with Crippen LogP contribution in [0.5, 0.6) is 0 Å². The van der Waals surface area contributed by atoms with Crippen LogP contribution in [0.15, 0.2) is 0 Å². The summed E-state index contributed by atoms with van der Waals surface area (Å²) in [7, 11) is 0. The third-order valence-corrected chi connectivity index (χ3v) is 19.3. The molecule has 1 amide bonds. The molecular formula is C57H95NO49. The van der Waals surface area contributed by atoms with Crippen LogP contribution in [0.4, 0.5) is 0 Å². The Kier molecular flexibility index (Phi) is 31.1. The van der Waals surface area contributed by atoms with Gasteiger partial charge in [-0.15, -0.1) is 0 Å². The zero-order valence-corrected chi connectivity index (χ0v) is 55.8. The molecule has 8 aliphatic rings. The summed E-state index contributed by atoms with van der Waals surface area (Å²) in [6, 6.07) is -1.97. The van der Waals surface area contributed by atoms with Crippen LogP contribution >= 0.6 is 0 Å². The fraction of sp³-hybridized carbons (Fsp3) is 0.947. The Hall–Kier alpha value is -3.35. The number of rotatable bonds is 30. The molecule has 44 atom stereocenters. The normalized spacial score (nSPS) is 48.7. The lowest BCUT2D eigenvalue weighted by atomic mass is 9.88. The molecule has 50 nitrogen and oxygen atoms in total. The summed E-state index contributed by atoms with van der Waals surface area (Å²) >= 11 is 0. The maximum Gasteiger partial charge on any atom is 0.367 e. The van der Waals surface area contributed by atoms with Crippen molar-refractivity contribution in [1.29, 1.82) is 0 Å². The molecule has 8 aliphatic heterocycles. The molecule has 0 aromatic heterocycles. The second kappa shape index (κ2) is 37.3. The van der Waals surface area contributed by atoms with Crippen molar-refractivity contribution in [1.82, 2.24) is 5.32 Å². The van der Waals surface area contributed by atoms with Gasteiger partial charge in [-0.05, 0) is 0 Å². The van der Waals surface area contributed by atoms with Crippen LogP contribution < -0.4 is 5.32 Å². The highest BCUT2D eigenvalue weighted by Crippen LogP contribution is 2.44. The van der Waals surface area contributed by atoms with Gasteiger partial charge in [-0.1, -0.05) is 0 Å². The molecule has 107 heavy (non-hydrogen) atoms. The van der Waals surface area contributed by atoms with E-state index in [0.717, 1.165) is 6.92 Å². The molecule has 622 valence electrons. The molecule has 8 fully saturated rings. The molecule has 0 spiro atoms. The van der Waals surface area contributed by atoms with Crippen LogP contribution in [-0.2, 0) is 85.4 Å². The number of carboxylic acids is 2. The summed E-state index contributed by atoms with van der Waals surface area (Å²) in [6.07, 6.45) is -101. The van der Waals surface area contributed by atoms with Crippen molar-refractivity contribution < 1.29 is 244 Å². The SMILES string of the molecule is CC(=O)N[C@H]1[C@H](O[C@@H]2[C@H](O)[C@@H](O[C@@H]3[C@H](O)[C@@H](O[C@H]4[C@@H]([C@H](O)CO)O[C@@](O)(C(=O)O)[C@@H](O)[C@H]4O[C@]4(C(=O)O)C[C@@H](O)[C@@H](O)[C@@H]([C@H](O)CO)O4)O[C@H]([C@@H](O)CO)[C@H]3O[C@@H]3O[C@H](CO)[C@@H](O)[C@H](O)[C@H]3O)O[C@H]([C@@H](O)CO[C@H]3O[C@H]([C@@H](O)CO[C@@H]4O[C@H](CO)[C@H](O)[C@H](O)[C@H]4O)[C@@H](O)[C@H](O)[C@@H]3O)[C@H]2O)O[C@H](CO)[C@@H](O)[C@@H]1O. The van der Waals surface area contributed by atoms with Gasteiger partial charge in [0.1, 0.15) is 214 Å². The Morgan fingerprint density at radius 1 is 0.393 bits per heavy atom. The lowest BCUT2D eigenvalue weighted by Gasteiger charge is -2.53. The molecule has 0 aliphatic carbocycles. The molecule has 0 radical (unpaired) electrons. The lowest BCUT2D eigenvalue weighted by molar-refractivity contribution is -0.425.